The summed E-state index contributed by atoms with van der Waals surface area (Å²) in [7, 11) is 0. The van der Waals surface area contributed by atoms with Crippen LogP contribution in [0.1, 0.15) is 129 Å². The predicted molar refractivity (Wildman–Crippen MR) is 138 cm³/mol. The van der Waals surface area contributed by atoms with E-state index >= 15 is 0 Å². The molecule has 1 rings (SSSR count). The molecule has 1 aromatic rings. The summed E-state index contributed by atoms with van der Waals surface area (Å²) < 4.78 is 2.01. The maximum Gasteiger partial charge on any atom is 0.279 e. The Morgan fingerprint density at radius 3 is 1.71 bits per heavy atom. The average molecular weight is 611 g/mol. The summed E-state index contributed by atoms with van der Waals surface area (Å²) in [6.45, 7) is 6.00. The highest BCUT2D eigenvalue weighted by atomic mass is 127. The second kappa shape index (κ2) is 25.8. The van der Waals surface area contributed by atoms with Crippen LogP contribution in [0.5, 0.6) is 0 Å². The van der Waals surface area contributed by atoms with Gasteiger partial charge in [-0.2, -0.15) is 4.57 Å². The van der Waals surface area contributed by atoms with Crippen LogP contribution < -0.4 is 28.5 Å². The summed E-state index contributed by atoms with van der Waals surface area (Å²) in [5, 5.41) is 3.13. The van der Waals surface area contributed by atoms with Crippen LogP contribution >= 0.6 is 11.3 Å². The van der Waals surface area contributed by atoms with Crippen LogP contribution in [0.2, 0.25) is 0 Å². The zero-order valence-corrected chi connectivity index (χ0v) is 25.0. The molecule has 5 nitrogen and oxygen atoms in total. The fraction of sp³-hybridized carbons (Fsp3) is 0.852. The molecule has 0 bridgehead atoms. The van der Waals surface area contributed by atoms with Gasteiger partial charge in [0.15, 0.2) is 12.7 Å². The molecule has 0 aliphatic rings. The summed E-state index contributed by atoms with van der Waals surface area (Å²) in [5.74, 6) is -0.112. The Hall–Kier alpha value is -0.250. The topological polar surface area (TPSA) is 42.7 Å². The Morgan fingerprint density at radius 2 is 1.24 bits per heavy atom. The van der Waals surface area contributed by atoms with Crippen LogP contribution in [-0.4, -0.2) is 24.3 Å². The number of nitrogens with zero attached hydrogens (tertiary/aromatic N) is 2. The van der Waals surface area contributed by atoms with Gasteiger partial charge in [0.2, 0.25) is 5.51 Å². The van der Waals surface area contributed by atoms with Gasteiger partial charge in [-0.1, -0.05) is 127 Å². The van der Waals surface area contributed by atoms with Crippen molar-refractivity contribution >= 4 is 17.2 Å². The Balaban J connectivity index is 0.0000109. The Bertz CT molecular complexity index is 546. The van der Waals surface area contributed by atoms with Gasteiger partial charge in [-0.3, -0.25) is 4.79 Å². The van der Waals surface area contributed by atoms with Gasteiger partial charge in [-0.25, -0.2) is 9.68 Å². The lowest BCUT2D eigenvalue weighted by Crippen LogP contribution is -3.00. The van der Waals surface area contributed by atoms with E-state index < -0.39 is 0 Å². The van der Waals surface area contributed by atoms with Gasteiger partial charge in [0, 0.05) is 0 Å². The minimum atomic E-state index is -0.112. The number of halogens is 1. The van der Waals surface area contributed by atoms with E-state index in [0.29, 0.717) is 26.2 Å². The maximum absolute atomic E-state index is 12.4. The van der Waals surface area contributed by atoms with Crippen molar-refractivity contribution in [2.45, 2.75) is 136 Å². The number of hydroxylamine groups is 2. The van der Waals surface area contributed by atoms with E-state index in [2.05, 4.69) is 6.92 Å². The third-order valence-corrected chi connectivity index (χ3v) is 6.61. The molecule has 0 radical (unpaired) electrons. The lowest BCUT2D eigenvalue weighted by Gasteiger charge is -2.20. The highest BCUT2D eigenvalue weighted by Crippen LogP contribution is 2.14. The average Bonchev–Trinajstić information content (AvgIpc) is 3.35. The number of aryl methyl sites for hydroxylation is 1. The molecule has 0 unspecified atom stereocenters. The van der Waals surface area contributed by atoms with E-state index in [0.717, 1.165) is 24.5 Å². The van der Waals surface area contributed by atoms with Gasteiger partial charge in [0.1, 0.15) is 0 Å². The third kappa shape index (κ3) is 20.0. The standard InChI is InChI=1S/C27H51N2O3S.HI/c1-3-5-6-7-8-9-10-11-12-13-14-15-16-17-18-19-24-32-29(31-23-4-2)27(30)20-21-28-22-25-33-26-28;/h22,25-26H,3-21,23-24H2,1-2H3;1H/q+1;/p-1. The molecule has 0 saturated carbocycles. The molecule has 0 saturated heterocycles. The Kier molecular flexibility index (Phi) is 25.6. The Labute approximate surface area is 230 Å². The van der Waals surface area contributed by atoms with Gasteiger partial charge in [-0.15, -0.1) is 0 Å². The number of unbranched alkanes of at least 4 members (excludes halogenated alkanes) is 15. The van der Waals surface area contributed by atoms with Crippen molar-refractivity contribution in [2.75, 3.05) is 13.2 Å². The SMILES string of the molecule is CCCCCCCCCCCCCCCCCCON(OCCC)C(=O)CC[n+]1ccsc1.[I-]. The summed E-state index contributed by atoms with van der Waals surface area (Å²) in [5.41, 5.74) is 2.00. The monoisotopic (exact) mass is 610 g/mol. The van der Waals surface area contributed by atoms with Crippen molar-refractivity contribution in [3.63, 3.8) is 0 Å². The largest absolute Gasteiger partial charge is 1.00 e. The van der Waals surface area contributed by atoms with Crippen LogP contribution in [0.15, 0.2) is 17.1 Å². The molecule has 34 heavy (non-hydrogen) atoms. The molecule has 0 fully saturated rings. The molecule has 0 spiro atoms. The number of amides is 1. The van der Waals surface area contributed by atoms with Crippen molar-refractivity contribution < 1.29 is 43.0 Å². The minimum Gasteiger partial charge on any atom is -1.00 e. The van der Waals surface area contributed by atoms with Gasteiger partial charge < -0.3 is 24.0 Å². The molecule has 1 amide bonds. The van der Waals surface area contributed by atoms with Crippen molar-refractivity contribution in [2.24, 2.45) is 0 Å². The van der Waals surface area contributed by atoms with Crippen LogP contribution in [0, 0.1) is 0 Å². The highest BCUT2D eigenvalue weighted by molar-refractivity contribution is 7.07. The van der Waals surface area contributed by atoms with Crippen molar-refractivity contribution in [3.05, 3.63) is 17.1 Å². The van der Waals surface area contributed by atoms with Gasteiger partial charge >= 0.3 is 0 Å². The van der Waals surface area contributed by atoms with E-state index in [1.807, 2.05) is 28.6 Å². The van der Waals surface area contributed by atoms with Crippen LogP contribution in [0.4, 0.5) is 0 Å². The lowest BCUT2D eigenvalue weighted by molar-refractivity contribution is -0.691. The third-order valence-electron chi connectivity index (χ3n) is 5.93. The molecule has 0 aromatic carbocycles. The molecule has 200 valence electrons. The Morgan fingerprint density at radius 1 is 0.735 bits per heavy atom. The number of carbonyl (C=O) groups excluding carboxylic acids is 1. The van der Waals surface area contributed by atoms with E-state index in [1.165, 1.54) is 89.9 Å². The molecule has 7 heteroatoms. The number of rotatable bonds is 24. The normalized spacial score (nSPS) is 10.9. The first-order valence-corrected chi connectivity index (χ1v) is 14.7. The van der Waals surface area contributed by atoms with Gasteiger partial charge in [0.05, 0.1) is 25.0 Å². The number of carbonyl (C=O) groups is 1. The number of hydrogen-bond donors (Lipinski definition) is 0. The zero-order valence-electron chi connectivity index (χ0n) is 22.0. The van der Waals surface area contributed by atoms with Crippen LogP contribution in [0.3, 0.4) is 0 Å². The smallest absolute Gasteiger partial charge is 0.279 e. The number of aromatic nitrogens is 1. The van der Waals surface area contributed by atoms with Gasteiger partial charge in [-0.05, 0) is 12.8 Å². The second-order valence-electron chi connectivity index (χ2n) is 9.14. The fourth-order valence-corrected chi connectivity index (χ4v) is 4.49. The van der Waals surface area contributed by atoms with Crippen molar-refractivity contribution in [3.8, 4) is 0 Å². The molecular formula is C27H51IN2O3S. The minimum absolute atomic E-state index is 0. The summed E-state index contributed by atoms with van der Waals surface area (Å²) in [6.07, 6.45) is 24.8. The summed E-state index contributed by atoms with van der Waals surface area (Å²) >= 11 is 1.62. The van der Waals surface area contributed by atoms with Crippen LogP contribution in [-0.2, 0) is 21.0 Å². The second-order valence-corrected chi connectivity index (χ2v) is 9.89. The lowest BCUT2D eigenvalue weighted by atomic mass is 10.0. The van der Waals surface area contributed by atoms with E-state index in [9.17, 15) is 4.79 Å². The van der Waals surface area contributed by atoms with E-state index in [-0.39, 0.29) is 29.9 Å². The number of hydrogen-bond acceptors (Lipinski definition) is 4. The maximum atomic E-state index is 12.4. The fourth-order valence-electron chi connectivity index (χ4n) is 3.86. The zero-order chi connectivity index (χ0) is 23.8. The quantitative estimate of drug-likeness (QED) is 0.0732. The number of thiazole rings is 1. The summed E-state index contributed by atoms with van der Waals surface area (Å²) in [6, 6.07) is 0. The molecule has 0 N–H and O–H groups in total. The summed E-state index contributed by atoms with van der Waals surface area (Å²) in [4.78, 5) is 23.6. The highest BCUT2D eigenvalue weighted by Gasteiger charge is 2.17. The van der Waals surface area contributed by atoms with Crippen molar-refractivity contribution in [1.82, 2.24) is 5.23 Å². The molecule has 0 aliphatic carbocycles. The molecule has 1 aromatic heterocycles. The molecular weight excluding hydrogens is 559 g/mol. The van der Waals surface area contributed by atoms with Gasteiger partial charge in [0.25, 0.3) is 5.91 Å². The first-order valence-electron chi connectivity index (χ1n) is 13.8. The predicted octanol–water partition coefficient (Wildman–Crippen LogP) is 4.79. The van der Waals surface area contributed by atoms with E-state index in [1.54, 1.807) is 11.3 Å². The molecule has 0 atom stereocenters. The molecule has 1 heterocycles. The van der Waals surface area contributed by atoms with E-state index in [4.69, 9.17) is 9.68 Å². The molecule has 0 aliphatic heterocycles. The first kappa shape index (κ1) is 33.8. The van der Waals surface area contributed by atoms with Crippen LogP contribution in [0.25, 0.3) is 0 Å². The first-order chi connectivity index (χ1) is 16.3. The van der Waals surface area contributed by atoms with Crippen molar-refractivity contribution in [1.29, 1.82) is 0 Å².